The molecule has 4 aromatic rings. The van der Waals surface area contributed by atoms with E-state index >= 15 is 0 Å². The van der Waals surface area contributed by atoms with Gasteiger partial charge in [0.15, 0.2) is 0 Å². The number of hydrogen-bond donors (Lipinski definition) is 3. The summed E-state index contributed by atoms with van der Waals surface area (Å²) in [4.78, 5) is 19.3. The summed E-state index contributed by atoms with van der Waals surface area (Å²) in [6.45, 7) is 0. The van der Waals surface area contributed by atoms with Crippen LogP contribution in [0.4, 0.5) is 20.4 Å². The number of carbonyl (C=O) groups is 1. The lowest BCUT2D eigenvalue weighted by Crippen LogP contribution is -1.99. The van der Waals surface area contributed by atoms with E-state index in [1.165, 1.54) is 22.7 Å². The lowest BCUT2D eigenvalue weighted by atomic mass is 10.2. The predicted octanol–water partition coefficient (Wildman–Crippen LogP) is 2.93. The summed E-state index contributed by atoms with van der Waals surface area (Å²) in [5.41, 5.74) is 0.809. The van der Waals surface area contributed by atoms with E-state index in [2.05, 4.69) is 20.4 Å². The topological polar surface area (TPSA) is 95.3 Å². The van der Waals surface area contributed by atoms with Crippen molar-refractivity contribution in [3.8, 4) is 0 Å². The zero-order chi connectivity index (χ0) is 16.8. The Morgan fingerprint density at radius 3 is 2.62 bits per heavy atom. The van der Waals surface area contributed by atoms with Crippen LogP contribution in [0.25, 0.3) is 16.8 Å². The maximum Gasteiger partial charge on any atom is 0.335 e. The number of hydrogen-bond acceptors (Lipinski definition) is 4. The molecule has 0 atom stereocenters. The zero-order valence-corrected chi connectivity index (χ0v) is 11.9. The van der Waals surface area contributed by atoms with Gasteiger partial charge in [0, 0.05) is 0 Å². The fourth-order valence-electron chi connectivity index (χ4n) is 2.41. The largest absolute Gasteiger partial charge is 0.478 e. The Morgan fingerprint density at radius 1 is 1.17 bits per heavy atom. The van der Waals surface area contributed by atoms with E-state index in [1.807, 2.05) is 0 Å². The molecule has 0 amide bonds. The van der Waals surface area contributed by atoms with Crippen molar-refractivity contribution in [3.63, 3.8) is 0 Å². The maximum absolute atomic E-state index is 13.7. The van der Waals surface area contributed by atoms with Crippen molar-refractivity contribution < 1.29 is 18.7 Å². The van der Waals surface area contributed by atoms with Gasteiger partial charge in [0.25, 0.3) is 5.78 Å². The van der Waals surface area contributed by atoms with E-state index in [1.54, 1.807) is 6.07 Å². The third-order valence-corrected chi connectivity index (χ3v) is 3.52. The normalized spacial score (nSPS) is 11.2. The first-order chi connectivity index (χ1) is 11.5. The highest BCUT2D eigenvalue weighted by atomic mass is 19.1. The van der Waals surface area contributed by atoms with Gasteiger partial charge in [0.2, 0.25) is 5.95 Å². The van der Waals surface area contributed by atoms with Crippen LogP contribution in [0.5, 0.6) is 0 Å². The maximum atomic E-state index is 13.7. The summed E-state index contributed by atoms with van der Waals surface area (Å²) in [6.07, 6.45) is 0. The van der Waals surface area contributed by atoms with Gasteiger partial charge in [0.1, 0.15) is 17.3 Å². The average Bonchev–Trinajstić information content (AvgIpc) is 3.07. The highest BCUT2D eigenvalue weighted by Gasteiger charge is 2.14. The quantitative estimate of drug-likeness (QED) is 0.537. The highest BCUT2D eigenvalue weighted by molar-refractivity contribution is 5.93. The molecule has 0 aliphatic heterocycles. The number of aromatic carboxylic acids is 1. The Morgan fingerprint density at radius 2 is 1.92 bits per heavy atom. The number of anilines is 2. The van der Waals surface area contributed by atoms with Crippen LogP contribution in [0, 0.1) is 11.6 Å². The third kappa shape index (κ3) is 2.14. The van der Waals surface area contributed by atoms with Crippen LogP contribution in [-0.4, -0.2) is 30.7 Å². The van der Waals surface area contributed by atoms with Crippen LogP contribution in [-0.2, 0) is 0 Å². The molecule has 2 heterocycles. The zero-order valence-electron chi connectivity index (χ0n) is 11.9. The monoisotopic (exact) mass is 329 g/mol. The molecule has 0 unspecified atom stereocenters. The van der Waals surface area contributed by atoms with Crippen LogP contribution < -0.4 is 5.32 Å². The Kier molecular flexibility index (Phi) is 2.95. The molecule has 0 fully saturated rings. The molecule has 0 aliphatic rings. The third-order valence-electron chi connectivity index (χ3n) is 3.52. The lowest BCUT2D eigenvalue weighted by Gasteiger charge is -2.04. The molecule has 24 heavy (non-hydrogen) atoms. The number of carboxylic acid groups (broad SMARTS) is 1. The van der Waals surface area contributed by atoms with Crippen molar-refractivity contribution in [3.05, 3.63) is 53.6 Å². The van der Waals surface area contributed by atoms with E-state index in [0.29, 0.717) is 11.0 Å². The van der Waals surface area contributed by atoms with Gasteiger partial charge < -0.3 is 10.4 Å². The number of H-pyrrole nitrogens is 1. The van der Waals surface area contributed by atoms with Gasteiger partial charge in [0.05, 0.1) is 16.6 Å². The SMILES string of the molecule is O=C(O)c1ccc2c(c1)nc1nc(Nc3c(F)cccc3F)[nH]n12. The second kappa shape index (κ2) is 5.01. The molecule has 4 rings (SSSR count). The Balaban J connectivity index is 1.78. The molecular formula is C15H9F2N5O2. The molecule has 0 bridgehead atoms. The van der Waals surface area contributed by atoms with E-state index < -0.39 is 17.6 Å². The van der Waals surface area contributed by atoms with Crippen LogP contribution in [0.15, 0.2) is 36.4 Å². The van der Waals surface area contributed by atoms with Crippen LogP contribution in [0.2, 0.25) is 0 Å². The summed E-state index contributed by atoms with van der Waals surface area (Å²) >= 11 is 0. The molecule has 9 heteroatoms. The number of fused-ring (bicyclic) bond motifs is 3. The predicted molar refractivity (Wildman–Crippen MR) is 81.4 cm³/mol. The number of aromatic amines is 1. The fourth-order valence-corrected chi connectivity index (χ4v) is 2.41. The van der Waals surface area contributed by atoms with Crippen molar-refractivity contribution in [2.24, 2.45) is 0 Å². The number of rotatable bonds is 3. The van der Waals surface area contributed by atoms with Crippen molar-refractivity contribution in [2.45, 2.75) is 0 Å². The van der Waals surface area contributed by atoms with Gasteiger partial charge in [-0.15, -0.1) is 0 Å². The highest BCUT2D eigenvalue weighted by Crippen LogP contribution is 2.23. The van der Waals surface area contributed by atoms with Gasteiger partial charge in [-0.1, -0.05) is 6.07 Å². The standard InChI is InChI=1S/C15H9F2N5O2/c16-8-2-1-3-9(17)12(8)19-14-20-15-18-10-6-7(13(23)24)4-5-11(10)22(15)21-14/h1-6H,(H,23,24)(H2,18,19,20,21). The minimum absolute atomic E-state index is 0.103. The first-order valence-electron chi connectivity index (χ1n) is 6.85. The first-order valence-corrected chi connectivity index (χ1v) is 6.85. The molecular weight excluding hydrogens is 320 g/mol. The van der Waals surface area contributed by atoms with Gasteiger partial charge in [-0.25, -0.2) is 23.1 Å². The molecule has 0 aliphatic carbocycles. The second-order valence-electron chi connectivity index (χ2n) is 5.05. The van der Waals surface area contributed by atoms with Gasteiger partial charge in [-0.3, -0.25) is 5.10 Å². The van der Waals surface area contributed by atoms with E-state index in [-0.39, 0.29) is 23.0 Å². The Hall–Kier alpha value is -3.49. The van der Waals surface area contributed by atoms with Crippen LogP contribution in [0.3, 0.4) is 0 Å². The van der Waals surface area contributed by atoms with E-state index in [4.69, 9.17) is 5.11 Å². The number of carboxylic acids is 1. The summed E-state index contributed by atoms with van der Waals surface area (Å²) < 4.78 is 28.8. The number of aromatic nitrogens is 4. The summed E-state index contributed by atoms with van der Waals surface area (Å²) in [5.74, 6) is -2.21. The number of para-hydroxylation sites is 1. The van der Waals surface area contributed by atoms with Crippen LogP contribution >= 0.6 is 0 Å². The molecule has 2 aromatic carbocycles. The van der Waals surface area contributed by atoms with Crippen molar-refractivity contribution in [1.82, 2.24) is 19.6 Å². The Bertz CT molecular complexity index is 1080. The number of halogens is 2. The number of imidazole rings is 1. The van der Waals surface area contributed by atoms with Crippen molar-refractivity contribution in [2.75, 3.05) is 5.32 Å². The fraction of sp³-hybridized carbons (Fsp3) is 0. The molecule has 0 saturated heterocycles. The molecule has 0 saturated carbocycles. The molecule has 0 radical (unpaired) electrons. The van der Waals surface area contributed by atoms with Gasteiger partial charge in [-0.2, -0.15) is 4.98 Å². The minimum Gasteiger partial charge on any atom is -0.478 e. The lowest BCUT2D eigenvalue weighted by molar-refractivity contribution is 0.0697. The number of benzene rings is 2. The minimum atomic E-state index is -1.06. The van der Waals surface area contributed by atoms with E-state index in [0.717, 1.165) is 12.1 Å². The van der Waals surface area contributed by atoms with Crippen LogP contribution in [0.1, 0.15) is 10.4 Å². The second-order valence-corrected chi connectivity index (χ2v) is 5.05. The smallest absolute Gasteiger partial charge is 0.335 e. The molecule has 0 spiro atoms. The number of nitrogens with one attached hydrogen (secondary N) is 2. The van der Waals surface area contributed by atoms with Gasteiger partial charge in [-0.05, 0) is 30.3 Å². The number of nitrogens with zero attached hydrogens (tertiary/aromatic N) is 3. The molecule has 2 aromatic heterocycles. The molecule has 3 N–H and O–H groups in total. The molecule has 7 nitrogen and oxygen atoms in total. The van der Waals surface area contributed by atoms with Gasteiger partial charge >= 0.3 is 5.97 Å². The van der Waals surface area contributed by atoms with E-state index in [9.17, 15) is 13.6 Å². The summed E-state index contributed by atoms with van der Waals surface area (Å²) in [6, 6.07) is 7.94. The summed E-state index contributed by atoms with van der Waals surface area (Å²) in [5, 5.41) is 14.4. The average molecular weight is 329 g/mol. The Labute approximate surface area is 132 Å². The first kappa shape index (κ1) is 14.1. The summed E-state index contributed by atoms with van der Waals surface area (Å²) in [7, 11) is 0. The van der Waals surface area contributed by atoms with Crippen molar-refractivity contribution in [1.29, 1.82) is 0 Å². The molecule has 120 valence electrons. The van der Waals surface area contributed by atoms with Crippen molar-refractivity contribution >= 4 is 34.4 Å².